The molecule has 0 N–H and O–H groups in total. The van der Waals surface area contributed by atoms with Crippen LogP contribution < -0.4 is 5.56 Å². The van der Waals surface area contributed by atoms with Gasteiger partial charge in [0, 0.05) is 53.3 Å². The number of rotatable bonds is 3. The van der Waals surface area contributed by atoms with Crippen LogP contribution in [0.25, 0.3) is 11.1 Å². The lowest BCUT2D eigenvalue weighted by molar-refractivity contribution is 0.115. The third-order valence-electron chi connectivity index (χ3n) is 5.79. The smallest absolute Gasteiger partial charge is 0.258 e. The van der Waals surface area contributed by atoms with Gasteiger partial charge in [0.2, 0.25) is 0 Å². The third-order valence-corrected chi connectivity index (χ3v) is 6.91. The van der Waals surface area contributed by atoms with Crippen molar-refractivity contribution >= 4 is 22.9 Å². The van der Waals surface area contributed by atoms with Crippen LogP contribution in [0.1, 0.15) is 22.9 Å². The largest absolute Gasteiger partial charge is 0.311 e. The summed E-state index contributed by atoms with van der Waals surface area (Å²) in [5.41, 5.74) is 3.04. The van der Waals surface area contributed by atoms with Crippen molar-refractivity contribution in [2.75, 3.05) is 13.1 Å². The van der Waals surface area contributed by atoms with Crippen molar-refractivity contribution in [3.05, 3.63) is 79.9 Å². The lowest BCUT2D eigenvalue weighted by Crippen LogP contribution is -2.46. The molecule has 3 nitrogen and oxygen atoms in total. The number of hydrogen-bond acceptors (Lipinski definition) is 3. The Kier molecular flexibility index (Phi) is 4.43. The van der Waals surface area contributed by atoms with Crippen LogP contribution in [0.5, 0.6) is 0 Å². The molecule has 2 bridgehead atoms. The van der Waals surface area contributed by atoms with Crippen molar-refractivity contribution < 1.29 is 0 Å². The second kappa shape index (κ2) is 6.93. The van der Waals surface area contributed by atoms with Gasteiger partial charge in [-0.05, 0) is 53.6 Å². The van der Waals surface area contributed by atoms with E-state index < -0.39 is 0 Å². The van der Waals surface area contributed by atoms with Crippen molar-refractivity contribution in [3.63, 3.8) is 0 Å². The van der Waals surface area contributed by atoms with Crippen LogP contribution in [0, 0.1) is 5.92 Å². The first-order valence-electron chi connectivity index (χ1n) is 9.42. The fraction of sp³-hybridized carbons (Fsp3) is 0.318. The second-order valence-electron chi connectivity index (χ2n) is 7.67. The van der Waals surface area contributed by atoms with Gasteiger partial charge >= 0.3 is 0 Å². The van der Waals surface area contributed by atoms with Crippen molar-refractivity contribution in [3.8, 4) is 11.1 Å². The average Bonchev–Trinajstić information content (AvgIpc) is 3.16. The minimum absolute atomic E-state index is 0.135. The molecular formula is C22H21ClN2OS. The number of piperidine rings is 1. The highest BCUT2D eigenvalue weighted by Crippen LogP contribution is 2.36. The van der Waals surface area contributed by atoms with Crippen molar-refractivity contribution in [2.45, 2.75) is 25.4 Å². The molecule has 138 valence electrons. The second-order valence-corrected chi connectivity index (χ2v) is 9.14. The van der Waals surface area contributed by atoms with Crippen molar-refractivity contribution in [1.29, 1.82) is 0 Å². The fourth-order valence-corrected chi connectivity index (χ4v) is 5.52. The molecule has 0 aliphatic carbocycles. The molecule has 0 radical (unpaired) electrons. The van der Waals surface area contributed by atoms with Gasteiger partial charge in [-0.1, -0.05) is 29.8 Å². The predicted octanol–water partition coefficient (Wildman–Crippen LogP) is 4.85. The highest BCUT2D eigenvalue weighted by molar-refractivity contribution is 7.09. The first kappa shape index (κ1) is 17.2. The van der Waals surface area contributed by atoms with E-state index >= 15 is 0 Å². The average molecular weight is 397 g/mol. The summed E-state index contributed by atoms with van der Waals surface area (Å²) in [7, 11) is 0. The van der Waals surface area contributed by atoms with Gasteiger partial charge in [0.1, 0.15) is 0 Å². The van der Waals surface area contributed by atoms with E-state index in [1.54, 1.807) is 0 Å². The van der Waals surface area contributed by atoms with E-state index in [9.17, 15) is 4.79 Å². The Balaban J connectivity index is 1.46. The molecule has 1 saturated heterocycles. The Morgan fingerprint density at radius 1 is 1.04 bits per heavy atom. The molecule has 4 heterocycles. The Labute approximate surface area is 167 Å². The molecule has 3 aromatic rings. The SMILES string of the molecule is O=c1c(-c2ccc(Cl)cc2)ccc2n1C[C@H]1C[C@@H]2CN(Cc2cccs2)C1. The minimum Gasteiger partial charge on any atom is -0.311 e. The number of pyridine rings is 1. The topological polar surface area (TPSA) is 25.2 Å². The molecule has 0 amide bonds. The van der Waals surface area contributed by atoms with Gasteiger partial charge in [0.15, 0.2) is 0 Å². The number of hydrogen-bond donors (Lipinski definition) is 0. The maximum atomic E-state index is 13.2. The maximum absolute atomic E-state index is 13.2. The molecule has 2 aliphatic rings. The monoisotopic (exact) mass is 396 g/mol. The third kappa shape index (κ3) is 3.27. The molecule has 0 unspecified atom stereocenters. The number of thiophene rings is 1. The summed E-state index contributed by atoms with van der Waals surface area (Å²) >= 11 is 7.82. The number of fused-ring (bicyclic) bond motifs is 4. The lowest BCUT2D eigenvalue weighted by atomic mass is 9.82. The zero-order valence-electron chi connectivity index (χ0n) is 15.0. The highest BCUT2D eigenvalue weighted by Gasteiger charge is 2.35. The maximum Gasteiger partial charge on any atom is 0.258 e. The number of benzene rings is 1. The van der Waals surface area contributed by atoms with E-state index in [4.69, 9.17) is 11.6 Å². The predicted molar refractivity (Wildman–Crippen MR) is 112 cm³/mol. The van der Waals surface area contributed by atoms with E-state index in [1.165, 1.54) is 17.0 Å². The molecule has 1 fully saturated rings. The molecule has 1 aromatic carbocycles. The van der Waals surface area contributed by atoms with Gasteiger partial charge in [0.25, 0.3) is 5.56 Å². The number of halogens is 1. The Bertz CT molecular complexity index is 1010. The summed E-state index contributed by atoms with van der Waals surface area (Å²) in [4.78, 5) is 17.2. The van der Waals surface area contributed by atoms with Gasteiger partial charge in [0.05, 0.1) is 0 Å². The standard InChI is InChI=1S/C22H21ClN2OS/c23-18-5-3-16(4-6-18)20-7-8-21-17-10-15(12-25(21)22(20)26)11-24(13-17)14-19-2-1-9-27-19/h1-9,15,17H,10-14H2/t15-,17+/m0/s1. The molecule has 5 rings (SSSR count). The highest BCUT2D eigenvalue weighted by atomic mass is 35.5. The quantitative estimate of drug-likeness (QED) is 0.632. The van der Waals surface area contributed by atoms with Crippen molar-refractivity contribution in [2.24, 2.45) is 5.92 Å². The first-order valence-corrected chi connectivity index (χ1v) is 10.7. The molecule has 0 spiro atoms. The Morgan fingerprint density at radius 3 is 2.67 bits per heavy atom. The fourth-order valence-electron chi connectivity index (χ4n) is 4.65. The van der Waals surface area contributed by atoms with Gasteiger partial charge in [-0.3, -0.25) is 9.69 Å². The molecule has 2 atom stereocenters. The van der Waals surface area contributed by atoms with Crippen LogP contribution in [0.2, 0.25) is 5.02 Å². The van der Waals surface area contributed by atoms with E-state index in [2.05, 4.69) is 28.5 Å². The number of nitrogens with zero attached hydrogens (tertiary/aromatic N) is 2. The minimum atomic E-state index is 0.135. The van der Waals surface area contributed by atoms with Crippen LogP contribution in [-0.4, -0.2) is 22.6 Å². The van der Waals surface area contributed by atoms with E-state index in [0.29, 0.717) is 16.9 Å². The summed E-state index contributed by atoms with van der Waals surface area (Å²) in [5.74, 6) is 0.999. The van der Waals surface area contributed by atoms with Crippen LogP contribution in [0.4, 0.5) is 0 Å². The number of aromatic nitrogens is 1. The van der Waals surface area contributed by atoms with Crippen molar-refractivity contribution in [1.82, 2.24) is 9.47 Å². The summed E-state index contributed by atoms with van der Waals surface area (Å²) in [6.07, 6.45) is 1.20. The summed E-state index contributed by atoms with van der Waals surface area (Å²) < 4.78 is 2.03. The van der Waals surface area contributed by atoms with E-state index in [1.807, 2.05) is 46.2 Å². The van der Waals surface area contributed by atoms with Crippen LogP contribution in [0.15, 0.2) is 58.7 Å². The molecule has 5 heteroatoms. The normalized spacial score (nSPS) is 21.8. The zero-order valence-corrected chi connectivity index (χ0v) is 16.5. The van der Waals surface area contributed by atoms with E-state index in [0.717, 1.165) is 37.3 Å². The lowest BCUT2D eigenvalue weighted by Gasteiger charge is -2.42. The van der Waals surface area contributed by atoms with Crippen LogP contribution >= 0.6 is 22.9 Å². The summed E-state index contributed by atoms with van der Waals surface area (Å²) in [6, 6.07) is 16.0. The van der Waals surface area contributed by atoms with Gasteiger partial charge in [-0.15, -0.1) is 11.3 Å². The summed E-state index contributed by atoms with van der Waals surface area (Å²) in [5, 5.41) is 2.84. The molecule has 0 saturated carbocycles. The molecule has 2 aliphatic heterocycles. The Hall–Kier alpha value is -1.88. The molecule has 27 heavy (non-hydrogen) atoms. The number of likely N-dealkylation sites (tertiary alicyclic amines) is 1. The summed E-state index contributed by atoms with van der Waals surface area (Å²) in [6.45, 7) is 3.96. The van der Waals surface area contributed by atoms with Gasteiger partial charge in [-0.2, -0.15) is 0 Å². The zero-order chi connectivity index (χ0) is 18.4. The first-order chi connectivity index (χ1) is 13.2. The van der Waals surface area contributed by atoms with Gasteiger partial charge < -0.3 is 4.57 Å². The van der Waals surface area contributed by atoms with Gasteiger partial charge in [-0.25, -0.2) is 0 Å². The van der Waals surface area contributed by atoms with E-state index in [-0.39, 0.29) is 5.56 Å². The molecular weight excluding hydrogens is 376 g/mol. The van der Waals surface area contributed by atoms with Crippen LogP contribution in [0.3, 0.4) is 0 Å². The Morgan fingerprint density at radius 2 is 1.89 bits per heavy atom. The molecule has 2 aromatic heterocycles. The van der Waals surface area contributed by atoms with Crippen LogP contribution in [-0.2, 0) is 13.1 Å².